The van der Waals surface area contributed by atoms with Crippen molar-refractivity contribution in [2.24, 2.45) is 0 Å². The number of aryl methyl sites for hydroxylation is 1. The van der Waals surface area contributed by atoms with Crippen molar-refractivity contribution in [2.75, 3.05) is 13.6 Å². The van der Waals surface area contributed by atoms with Crippen LogP contribution in [0.15, 0.2) is 48.5 Å². The van der Waals surface area contributed by atoms with Crippen molar-refractivity contribution in [3.05, 3.63) is 70.8 Å². The molecule has 0 aromatic heterocycles. The maximum absolute atomic E-state index is 2.42. The fourth-order valence-electron chi connectivity index (χ4n) is 2.98. The van der Waals surface area contributed by atoms with E-state index in [4.69, 9.17) is 0 Å². The Morgan fingerprint density at radius 1 is 1.00 bits per heavy atom. The number of likely N-dealkylation sites (N-methyl/N-ethyl adjacent to an activating group) is 1. The number of hydrogen-bond donors (Lipinski definition) is 0. The summed E-state index contributed by atoms with van der Waals surface area (Å²) in [6, 6.07) is 17.6. The van der Waals surface area contributed by atoms with Gasteiger partial charge in [0.2, 0.25) is 0 Å². The number of benzene rings is 2. The van der Waals surface area contributed by atoms with Gasteiger partial charge in [0.15, 0.2) is 0 Å². The molecule has 2 aromatic rings. The van der Waals surface area contributed by atoms with E-state index in [0.717, 1.165) is 13.1 Å². The summed E-state index contributed by atoms with van der Waals surface area (Å²) in [6.45, 7) is 4.41. The lowest BCUT2D eigenvalue weighted by Gasteiger charge is -2.33. The second kappa shape index (κ2) is 4.58. The van der Waals surface area contributed by atoms with Gasteiger partial charge in [-0.3, -0.25) is 0 Å². The predicted molar refractivity (Wildman–Crippen MR) is 75.8 cm³/mol. The molecule has 0 amide bonds. The normalized spacial score (nSPS) is 19.6. The van der Waals surface area contributed by atoms with Crippen LogP contribution in [-0.2, 0) is 6.54 Å². The molecule has 0 spiro atoms. The maximum Gasteiger partial charge on any atom is 0.0236 e. The van der Waals surface area contributed by atoms with Crippen LogP contribution < -0.4 is 0 Å². The van der Waals surface area contributed by atoms with Crippen molar-refractivity contribution in [3.8, 4) is 0 Å². The maximum atomic E-state index is 2.42. The predicted octanol–water partition coefficient (Wildman–Crippen LogP) is 3.57. The van der Waals surface area contributed by atoms with Crippen molar-refractivity contribution < 1.29 is 0 Å². The molecule has 92 valence electrons. The molecule has 3 rings (SSSR count). The van der Waals surface area contributed by atoms with Crippen LogP contribution >= 0.6 is 0 Å². The Labute approximate surface area is 109 Å². The molecular formula is C17H19N. The standard InChI is InChI=1S/C17H19N/c1-13-7-6-10-15-16(13)11-18(2)12-17(15)14-8-4-3-5-9-14/h3-10,17H,11-12H2,1-2H3/t17-/m0/s1. The molecule has 0 bridgehead atoms. The third kappa shape index (κ3) is 1.95. The minimum Gasteiger partial charge on any atom is -0.301 e. The van der Waals surface area contributed by atoms with Gasteiger partial charge in [-0.05, 0) is 36.2 Å². The summed E-state index contributed by atoms with van der Waals surface area (Å²) in [5.41, 5.74) is 5.87. The van der Waals surface area contributed by atoms with Crippen LogP contribution in [0.2, 0.25) is 0 Å². The van der Waals surface area contributed by atoms with Gasteiger partial charge in [-0.2, -0.15) is 0 Å². The van der Waals surface area contributed by atoms with Crippen molar-refractivity contribution in [3.63, 3.8) is 0 Å². The van der Waals surface area contributed by atoms with Gasteiger partial charge in [-0.15, -0.1) is 0 Å². The van der Waals surface area contributed by atoms with Crippen molar-refractivity contribution in [1.29, 1.82) is 0 Å². The van der Waals surface area contributed by atoms with E-state index in [9.17, 15) is 0 Å². The van der Waals surface area contributed by atoms with Gasteiger partial charge in [-0.1, -0.05) is 48.5 Å². The van der Waals surface area contributed by atoms with Crippen LogP contribution in [0, 0.1) is 6.92 Å². The van der Waals surface area contributed by atoms with Crippen LogP contribution in [-0.4, -0.2) is 18.5 Å². The van der Waals surface area contributed by atoms with Crippen LogP contribution in [0.3, 0.4) is 0 Å². The first kappa shape index (κ1) is 11.5. The smallest absolute Gasteiger partial charge is 0.0236 e. The zero-order chi connectivity index (χ0) is 12.5. The Bertz CT molecular complexity index is 545. The Hall–Kier alpha value is -1.60. The highest BCUT2D eigenvalue weighted by Gasteiger charge is 2.25. The number of fused-ring (bicyclic) bond motifs is 1. The fraction of sp³-hybridized carbons (Fsp3) is 0.294. The molecule has 0 radical (unpaired) electrons. The summed E-state index contributed by atoms with van der Waals surface area (Å²) in [5.74, 6) is 0.514. The summed E-state index contributed by atoms with van der Waals surface area (Å²) in [4.78, 5) is 2.42. The molecule has 0 unspecified atom stereocenters. The average molecular weight is 237 g/mol. The summed E-state index contributed by atoms with van der Waals surface area (Å²) in [7, 11) is 2.21. The van der Waals surface area contributed by atoms with Gasteiger partial charge < -0.3 is 4.90 Å². The van der Waals surface area contributed by atoms with Crippen molar-refractivity contribution in [1.82, 2.24) is 4.90 Å². The molecular weight excluding hydrogens is 218 g/mol. The molecule has 0 N–H and O–H groups in total. The Morgan fingerprint density at radius 2 is 1.78 bits per heavy atom. The molecule has 0 fully saturated rings. The minimum absolute atomic E-state index is 0.514. The van der Waals surface area contributed by atoms with E-state index >= 15 is 0 Å². The number of nitrogens with zero attached hydrogens (tertiary/aromatic N) is 1. The summed E-state index contributed by atoms with van der Waals surface area (Å²) >= 11 is 0. The van der Waals surface area contributed by atoms with E-state index in [1.54, 1.807) is 0 Å². The Morgan fingerprint density at radius 3 is 2.56 bits per heavy atom. The lowest BCUT2D eigenvalue weighted by Crippen LogP contribution is -2.31. The zero-order valence-electron chi connectivity index (χ0n) is 11.1. The van der Waals surface area contributed by atoms with E-state index in [-0.39, 0.29) is 0 Å². The van der Waals surface area contributed by atoms with Gasteiger partial charge >= 0.3 is 0 Å². The van der Waals surface area contributed by atoms with Crippen LogP contribution in [0.25, 0.3) is 0 Å². The molecule has 0 saturated heterocycles. The average Bonchev–Trinajstić information content (AvgIpc) is 2.40. The van der Waals surface area contributed by atoms with E-state index in [0.29, 0.717) is 5.92 Å². The van der Waals surface area contributed by atoms with Crippen LogP contribution in [0.5, 0.6) is 0 Å². The molecule has 0 saturated carbocycles. The molecule has 1 aliphatic heterocycles. The molecule has 1 aliphatic rings. The third-order valence-corrected chi connectivity index (χ3v) is 3.95. The summed E-state index contributed by atoms with van der Waals surface area (Å²) < 4.78 is 0. The summed E-state index contributed by atoms with van der Waals surface area (Å²) in [6.07, 6.45) is 0. The van der Waals surface area contributed by atoms with Crippen LogP contribution in [0.1, 0.15) is 28.2 Å². The van der Waals surface area contributed by atoms with Crippen LogP contribution in [0.4, 0.5) is 0 Å². The first-order chi connectivity index (χ1) is 8.75. The number of hydrogen-bond acceptors (Lipinski definition) is 1. The zero-order valence-corrected chi connectivity index (χ0v) is 11.1. The second-order valence-electron chi connectivity index (χ2n) is 5.30. The molecule has 2 aromatic carbocycles. The Balaban J connectivity index is 2.11. The highest BCUT2D eigenvalue weighted by atomic mass is 15.1. The quantitative estimate of drug-likeness (QED) is 0.733. The van der Waals surface area contributed by atoms with Gasteiger partial charge in [-0.25, -0.2) is 0 Å². The largest absolute Gasteiger partial charge is 0.301 e. The first-order valence-corrected chi connectivity index (χ1v) is 6.57. The SMILES string of the molecule is Cc1cccc2c1CN(C)C[C@H]2c1ccccc1. The van der Waals surface area contributed by atoms with Gasteiger partial charge in [0.1, 0.15) is 0 Å². The van der Waals surface area contributed by atoms with Crippen molar-refractivity contribution in [2.45, 2.75) is 19.4 Å². The van der Waals surface area contributed by atoms with E-state index < -0.39 is 0 Å². The topological polar surface area (TPSA) is 3.24 Å². The molecule has 18 heavy (non-hydrogen) atoms. The van der Waals surface area contributed by atoms with Crippen molar-refractivity contribution >= 4 is 0 Å². The molecule has 1 atom stereocenters. The third-order valence-electron chi connectivity index (χ3n) is 3.95. The molecule has 0 aliphatic carbocycles. The lowest BCUT2D eigenvalue weighted by molar-refractivity contribution is 0.294. The van der Waals surface area contributed by atoms with Gasteiger partial charge in [0.05, 0.1) is 0 Å². The second-order valence-corrected chi connectivity index (χ2v) is 5.30. The Kier molecular flexibility index (Phi) is 2.92. The molecule has 1 heteroatoms. The fourth-order valence-corrected chi connectivity index (χ4v) is 2.98. The van der Waals surface area contributed by atoms with E-state index in [1.165, 1.54) is 22.3 Å². The number of rotatable bonds is 1. The molecule has 1 nitrogen and oxygen atoms in total. The highest BCUT2D eigenvalue weighted by Crippen LogP contribution is 2.34. The van der Waals surface area contributed by atoms with Gasteiger partial charge in [0.25, 0.3) is 0 Å². The summed E-state index contributed by atoms with van der Waals surface area (Å²) in [5, 5.41) is 0. The lowest BCUT2D eigenvalue weighted by atomic mass is 9.83. The monoisotopic (exact) mass is 237 g/mol. The minimum atomic E-state index is 0.514. The highest BCUT2D eigenvalue weighted by molar-refractivity contribution is 5.43. The first-order valence-electron chi connectivity index (χ1n) is 6.57. The van der Waals surface area contributed by atoms with Gasteiger partial charge in [0, 0.05) is 19.0 Å². The van der Waals surface area contributed by atoms with E-state index in [2.05, 4.69) is 67.4 Å². The molecule has 1 heterocycles. The van der Waals surface area contributed by atoms with E-state index in [1.807, 2.05) is 0 Å².